The lowest BCUT2D eigenvalue weighted by Gasteiger charge is -2.30. The maximum absolute atomic E-state index is 12.9. The minimum absolute atomic E-state index is 0.0397. The summed E-state index contributed by atoms with van der Waals surface area (Å²) in [5, 5.41) is 19.9. The number of benzene rings is 1. The number of carbonyl (C=O) groups is 1. The largest absolute Gasteiger partial charge is 0.388 e. The van der Waals surface area contributed by atoms with Crippen molar-refractivity contribution in [2.24, 2.45) is 5.16 Å². The Morgan fingerprint density at radius 3 is 2.78 bits per heavy atom. The molecule has 23 heavy (non-hydrogen) atoms. The van der Waals surface area contributed by atoms with Crippen LogP contribution >= 0.6 is 0 Å². The van der Waals surface area contributed by atoms with Crippen LogP contribution in [-0.2, 0) is 9.63 Å². The second-order valence-electron chi connectivity index (χ2n) is 6.02. The van der Waals surface area contributed by atoms with E-state index in [1.54, 1.807) is 0 Å². The lowest BCUT2D eigenvalue weighted by atomic mass is 9.87. The molecule has 124 valence electrons. The molecule has 2 aliphatic heterocycles. The molecule has 1 spiro atoms. The first-order valence-electron chi connectivity index (χ1n) is 7.75. The predicted octanol–water partition coefficient (Wildman–Crippen LogP) is 0.874. The van der Waals surface area contributed by atoms with Gasteiger partial charge in [-0.25, -0.2) is 4.39 Å². The van der Waals surface area contributed by atoms with Crippen LogP contribution in [0, 0.1) is 5.82 Å². The van der Waals surface area contributed by atoms with Gasteiger partial charge in [0.25, 0.3) is 5.91 Å². The molecule has 1 aromatic rings. The molecule has 1 amide bonds. The molecule has 1 unspecified atom stereocenters. The van der Waals surface area contributed by atoms with Crippen LogP contribution in [-0.4, -0.2) is 42.0 Å². The first-order chi connectivity index (χ1) is 11.1. The molecule has 0 radical (unpaired) electrons. The van der Waals surface area contributed by atoms with Gasteiger partial charge in [0.2, 0.25) is 0 Å². The van der Waals surface area contributed by atoms with Crippen LogP contribution in [0.2, 0.25) is 0 Å². The van der Waals surface area contributed by atoms with Gasteiger partial charge in [0.05, 0.1) is 6.10 Å². The number of piperidine rings is 1. The Hall–Kier alpha value is -1.99. The van der Waals surface area contributed by atoms with E-state index in [1.807, 2.05) is 0 Å². The highest BCUT2D eigenvalue weighted by molar-refractivity contribution is 6.39. The zero-order valence-corrected chi connectivity index (χ0v) is 12.7. The third kappa shape index (κ3) is 3.68. The second kappa shape index (κ2) is 6.64. The molecule has 1 fully saturated rings. The Morgan fingerprint density at radius 1 is 1.39 bits per heavy atom. The van der Waals surface area contributed by atoms with Crippen molar-refractivity contribution < 1.29 is 19.1 Å². The first-order valence-corrected chi connectivity index (χ1v) is 7.75. The zero-order chi connectivity index (χ0) is 16.3. The summed E-state index contributed by atoms with van der Waals surface area (Å²) in [6.07, 6.45) is 1.25. The highest BCUT2D eigenvalue weighted by atomic mass is 19.1. The van der Waals surface area contributed by atoms with Crippen LogP contribution in [0.4, 0.5) is 4.39 Å². The number of rotatable bonds is 4. The smallest absolute Gasteiger partial charge is 0.269 e. The number of hydrogen-bond donors (Lipinski definition) is 3. The number of carbonyl (C=O) groups excluding carboxylic acids is 1. The summed E-state index contributed by atoms with van der Waals surface area (Å²) < 4.78 is 12.9. The molecular weight excluding hydrogens is 301 g/mol. The number of halogens is 1. The van der Waals surface area contributed by atoms with Crippen molar-refractivity contribution in [3.05, 3.63) is 35.6 Å². The molecule has 3 rings (SSSR count). The Morgan fingerprint density at radius 2 is 2.09 bits per heavy atom. The molecule has 2 heterocycles. The average molecular weight is 321 g/mol. The van der Waals surface area contributed by atoms with Crippen LogP contribution < -0.4 is 10.6 Å². The lowest BCUT2D eigenvalue weighted by molar-refractivity contribution is -0.115. The Bertz CT molecular complexity index is 597. The normalized spacial score (nSPS) is 20.7. The van der Waals surface area contributed by atoms with Gasteiger partial charge in [-0.05, 0) is 30.8 Å². The van der Waals surface area contributed by atoms with Crippen molar-refractivity contribution in [1.82, 2.24) is 10.6 Å². The SMILES string of the molecule is O=C(NCC(O)c1ccc(F)cc1)C1=NOC2(CCNCC2)C1. The molecular formula is C16H20FN3O3. The van der Waals surface area contributed by atoms with Crippen LogP contribution in [0.5, 0.6) is 0 Å². The first kappa shape index (κ1) is 15.9. The van der Waals surface area contributed by atoms with Gasteiger partial charge in [0.15, 0.2) is 0 Å². The molecule has 1 aromatic carbocycles. The number of nitrogens with zero attached hydrogens (tertiary/aromatic N) is 1. The summed E-state index contributed by atoms with van der Waals surface area (Å²) >= 11 is 0. The predicted molar refractivity (Wildman–Crippen MR) is 82.3 cm³/mol. The minimum Gasteiger partial charge on any atom is -0.388 e. The lowest BCUT2D eigenvalue weighted by Crippen LogP contribution is -2.43. The molecule has 3 N–H and O–H groups in total. The van der Waals surface area contributed by atoms with Gasteiger partial charge >= 0.3 is 0 Å². The van der Waals surface area contributed by atoms with E-state index in [-0.39, 0.29) is 23.9 Å². The minimum atomic E-state index is -0.893. The zero-order valence-electron chi connectivity index (χ0n) is 12.7. The number of hydrogen-bond acceptors (Lipinski definition) is 5. The Kier molecular flexibility index (Phi) is 4.58. The molecule has 2 aliphatic rings. The van der Waals surface area contributed by atoms with Crippen LogP contribution in [0.25, 0.3) is 0 Å². The second-order valence-corrected chi connectivity index (χ2v) is 6.02. The van der Waals surface area contributed by atoms with E-state index in [9.17, 15) is 14.3 Å². The van der Waals surface area contributed by atoms with Gasteiger partial charge in [-0.15, -0.1) is 0 Å². The van der Waals surface area contributed by atoms with Gasteiger partial charge in [0, 0.05) is 25.8 Å². The van der Waals surface area contributed by atoms with E-state index in [0.717, 1.165) is 25.9 Å². The molecule has 1 saturated heterocycles. The molecule has 0 aliphatic carbocycles. The van der Waals surface area contributed by atoms with Crippen LogP contribution in [0.15, 0.2) is 29.4 Å². The fourth-order valence-electron chi connectivity index (χ4n) is 2.89. The Balaban J connectivity index is 1.51. The van der Waals surface area contributed by atoms with E-state index >= 15 is 0 Å². The van der Waals surface area contributed by atoms with Crippen LogP contribution in [0.3, 0.4) is 0 Å². The Labute approximate surface area is 133 Å². The van der Waals surface area contributed by atoms with Crippen molar-refractivity contribution in [3.63, 3.8) is 0 Å². The van der Waals surface area contributed by atoms with Crippen molar-refractivity contribution in [2.45, 2.75) is 31.0 Å². The molecule has 0 bridgehead atoms. The standard InChI is InChI=1S/C16H20FN3O3/c17-12-3-1-11(2-4-12)14(21)10-19-15(22)13-9-16(23-20-13)5-7-18-8-6-16/h1-4,14,18,21H,5-10H2,(H,19,22). The van der Waals surface area contributed by atoms with Gasteiger partial charge in [0.1, 0.15) is 17.1 Å². The van der Waals surface area contributed by atoms with Gasteiger partial charge in [-0.1, -0.05) is 17.3 Å². The highest BCUT2D eigenvalue weighted by Gasteiger charge is 2.42. The highest BCUT2D eigenvalue weighted by Crippen LogP contribution is 2.32. The number of oxime groups is 1. The topological polar surface area (TPSA) is 83.0 Å². The maximum Gasteiger partial charge on any atom is 0.269 e. The third-order valence-corrected chi connectivity index (χ3v) is 4.33. The fraction of sp³-hybridized carbons (Fsp3) is 0.500. The maximum atomic E-state index is 12.9. The summed E-state index contributed by atoms with van der Waals surface area (Å²) in [6.45, 7) is 1.75. The van der Waals surface area contributed by atoms with Crippen molar-refractivity contribution >= 4 is 11.6 Å². The van der Waals surface area contributed by atoms with Gasteiger partial charge in [-0.3, -0.25) is 4.79 Å². The number of aliphatic hydroxyl groups excluding tert-OH is 1. The summed E-state index contributed by atoms with van der Waals surface area (Å²) in [6, 6.07) is 5.53. The van der Waals surface area contributed by atoms with Crippen LogP contribution in [0.1, 0.15) is 30.9 Å². The van der Waals surface area contributed by atoms with E-state index < -0.39 is 6.10 Å². The van der Waals surface area contributed by atoms with Gasteiger partial charge in [-0.2, -0.15) is 0 Å². The summed E-state index contributed by atoms with van der Waals surface area (Å²) in [5.74, 6) is -0.698. The van der Waals surface area contributed by atoms with E-state index in [2.05, 4.69) is 15.8 Å². The summed E-state index contributed by atoms with van der Waals surface area (Å²) in [7, 11) is 0. The molecule has 0 aromatic heterocycles. The van der Waals surface area contributed by atoms with Crippen molar-refractivity contribution in [1.29, 1.82) is 0 Å². The quantitative estimate of drug-likeness (QED) is 0.768. The fourth-order valence-corrected chi connectivity index (χ4v) is 2.89. The molecule has 0 saturated carbocycles. The molecule has 6 nitrogen and oxygen atoms in total. The molecule has 1 atom stereocenters. The van der Waals surface area contributed by atoms with Crippen molar-refractivity contribution in [3.8, 4) is 0 Å². The van der Waals surface area contributed by atoms with Gasteiger partial charge < -0.3 is 20.6 Å². The number of nitrogens with one attached hydrogen (secondary N) is 2. The average Bonchev–Trinajstić information content (AvgIpc) is 2.97. The molecule has 7 heteroatoms. The van der Waals surface area contributed by atoms with Crippen molar-refractivity contribution in [2.75, 3.05) is 19.6 Å². The summed E-state index contributed by atoms with van der Waals surface area (Å²) in [4.78, 5) is 17.7. The van der Waals surface area contributed by atoms with E-state index in [0.29, 0.717) is 17.7 Å². The summed E-state index contributed by atoms with van der Waals surface area (Å²) in [5.41, 5.74) is 0.553. The monoisotopic (exact) mass is 321 g/mol. The number of aliphatic hydroxyl groups is 1. The number of amides is 1. The third-order valence-electron chi connectivity index (χ3n) is 4.33. The van der Waals surface area contributed by atoms with E-state index in [1.165, 1.54) is 24.3 Å². The van der Waals surface area contributed by atoms with E-state index in [4.69, 9.17) is 4.84 Å².